The zero-order valence-corrected chi connectivity index (χ0v) is 16.9. The highest BCUT2D eigenvalue weighted by Gasteiger charge is 2.30. The molecule has 144 valence electrons. The van der Waals surface area contributed by atoms with Crippen LogP contribution in [-0.2, 0) is 4.74 Å². The Balaban J connectivity index is 1.46. The van der Waals surface area contributed by atoms with E-state index in [1.807, 2.05) is 13.1 Å². The van der Waals surface area contributed by atoms with E-state index in [1.54, 1.807) is 0 Å². The molecule has 1 aromatic carbocycles. The van der Waals surface area contributed by atoms with Gasteiger partial charge in [-0.15, -0.1) is 0 Å². The summed E-state index contributed by atoms with van der Waals surface area (Å²) in [6.45, 7) is 9.03. The first-order valence-electron chi connectivity index (χ1n) is 9.59. The average Bonchev–Trinajstić information content (AvgIpc) is 3.27. The summed E-state index contributed by atoms with van der Waals surface area (Å²) in [4.78, 5) is 6.79. The van der Waals surface area contributed by atoms with Gasteiger partial charge in [0, 0.05) is 50.5 Å². The lowest BCUT2D eigenvalue weighted by molar-refractivity contribution is 0.0243. The summed E-state index contributed by atoms with van der Waals surface area (Å²) in [5.74, 6) is 1.46. The summed E-state index contributed by atoms with van der Waals surface area (Å²) in [5, 5.41) is 7.70. The molecular formula is C20H31ClN4O. The maximum Gasteiger partial charge on any atom is 0.191 e. The normalized spacial score (nSPS) is 26.4. The van der Waals surface area contributed by atoms with E-state index in [2.05, 4.69) is 46.5 Å². The number of halogens is 1. The quantitative estimate of drug-likeness (QED) is 0.610. The number of ether oxygens (including phenoxy) is 1. The van der Waals surface area contributed by atoms with Crippen molar-refractivity contribution in [1.82, 2.24) is 10.6 Å². The van der Waals surface area contributed by atoms with Gasteiger partial charge in [-0.2, -0.15) is 0 Å². The summed E-state index contributed by atoms with van der Waals surface area (Å²) in [6.07, 6.45) is 3.43. The van der Waals surface area contributed by atoms with Gasteiger partial charge in [0.15, 0.2) is 5.96 Å². The van der Waals surface area contributed by atoms with Crippen LogP contribution in [0.25, 0.3) is 0 Å². The second-order valence-electron chi connectivity index (χ2n) is 7.74. The van der Waals surface area contributed by atoms with Crippen LogP contribution >= 0.6 is 11.6 Å². The van der Waals surface area contributed by atoms with E-state index in [4.69, 9.17) is 16.3 Å². The summed E-state index contributed by atoms with van der Waals surface area (Å²) < 4.78 is 5.83. The molecule has 0 bridgehead atoms. The van der Waals surface area contributed by atoms with Crippen LogP contribution in [-0.4, -0.2) is 51.4 Å². The zero-order valence-electron chi connectivity index (χ0n) is 16.1. The number of aryl methyl sites for hydroxylation is 1. The van der Waals surface area contributed by atoms with E-state index in [1.165, 1.54) is 17.7 Å². The van der Waals surface area contributed by atoms with Crippen LogP contribution in [0.2, 0.25) is 5.02 Å². The molecule has 6 heteroatoms. The van der Waals surface area contributed by atoms with Gasteiger partial charge < -0.3 is 20.3 Å². The highest BCUT2D eigenvalue weighted by molar-refractivity contribution is 6.30. The van der Waals surface area contributed by atoms with Gasteiger partial charge in [0.25, 0.3) is 0 Å². The van der Waals surface area contributed by atoms with E-state index in [0.29, 0.717) is 5.92 Å². The van der Waals surface area contributed by atoms with E-state index < -0.39 is 0 Å². The minimum atomic E-state index is -0.0636. The van der Waals surface area contributed by atoms with Gasteiger partial charge in [-0.3, -0.25) is 4.99 Å². The third-order valence-corrected chi connectivity index (χ3v) is 5.74. The van der Waals surface area contributed by atoms with Crippen molar-refractivity contribution in [2.45, 2.75) is 38.7 Å². The SMILES string of the molecule is CN=C(NCC1CCN(c2cc(Cl)ccc2C)C1)NCC1(C)CCCO1. The van der Waals surface area contributed by atoms with Crippen molar-refractivity contribution >= 4 is 23.2 Å². The summed E-state index contributed by atoms with van der Waals surface area (Å²) in [6, 6.07) is 6.13. The second kappa shape index (κ2) is 8.49. The first kappa shape index (κ1) is 19.3. The third-order valence-electron chi connectivity index (χ3n) is 5.51. The van der Waals surface area contributed by atoms with E-state index in [-0.39, 0.29) is 5.60 Å². The van der Waals surface area contributed by atoms with Gasteiger partial charge in [-0.1, -0.05) is 17.7 Å². The fraction of sp³-hybridized carbons (Fsp3) is 0.650. The van der Waals surface area contributed by atoms with Crippen molar-refractivity contribution < 1.29 is 4.74 Å². The van der Waals surface area contributed by atoms with Crippen LogP contribution in [0.1, 0.15) is 31.7 Å². The highest BCUT2D eigenvalue weighted by atomic mass is 35.5. The Morgan fingerprint density at radius 3 is 3.00 bits per heavy atom. The maximum atomic E-state index is 6.18. The fourth-order valence-electron chi connectivity index (χ4n) is 3.85. The molecule has 0 saturated carbocycles. The average molecular weight is 379 g/mol. The predicted octanol–water partition coefficient (Wildman–Crippen LogP) is 3.21. The minimum absolute atomic E-state index is 0.0636. The van der Waals surface area contributed by atoms with Crippen LogP contribution in [0.5, 0.6) is 0 Å². The van der Waals surface area contributed by atoms with Crippen LogP contribution in [0.3, 0.4) is 0 Å². The molecule has 2 fully saturated rings. The molecule has 0 spiro atoms. The lowest BCUT2D eigenvalue weighted by Gasteiger charge is -2.25. The molecule has 0 aliphatic carbocycles. The molecule has 2 aliphatic rings. The molecule has 1 aromatic rings. The van der Waals surface area contributed by atoms with Gasteiger partial charge in [-0.25, -0.2) is 0 Å². The molecule has 2 unspecified atom stereocenters. The topological polar surface area (TPSA) is 48.9 Å². The van der Waals surface area contributed by atoms with Crippen LogP contribution in [0, 0.1) is 12.8 Å². The number of nitrogens with zero attached hydrogens (tertiary/aromatic N) is 2. The number of guanidine groups is 1. The molecule has 0 aromatic heterocycles. The van der Waals surface area contributed by atoms with Crippen molar-refractivity contribution in [3.8, 4) is 0 Å². The Morgan fingerprint density at radius 1 is 1.42 bits per heavy atom. The van der Waals surface area contributed by atoms with Crippen molar-refractivity contribution in [3.63, 3.8) is 0 Å². The number of nitrogens with one attached hydrogen (secondary N) is 2. The molecule has 0 radical (unpaired) electrons. The molecular weight excluding hydrogens is 348 g/mol. The fourth-order valence-corrected chi connectivity index (χ4v) is 4.02. The molecule has 2 saturated heterocycles. The lowest BCUT2D eigenvalue weighted by atomic mass is 10.0. The Hall–Kier alpha value is -1.46. The van der Waals surface area contributed by atoms with Gasteiger partial charge in [0.05, 0.1) is 5.60 Å². The van der Waals surface area contributed by atoms with E-state index in [0.717, 1.165) is 56.6 Å². The van der Waals surface area contributed by atoms with Crippen LogP contribution in [0.4, 0.5) is 5.69 Å². The van der Waals surface area contributed by atoms with Crippen molar-refractivity contribution in [2.24, 2.45) is 10.9 Å². The van der Waals surface area contributed by atoms with E-state index in [9.17, 15) is 0 Å². The lowest BCUT2D eigenvalue weighted by Crippen LogP contribution is -2.46. The van der Waals surface area contributed by atoms with Gasteiger partial charge in [0.2, 0.25) is 0 Å². The standard InChI is InChI=1S/C20H31ClN4O/c1-15-5-6-17(21)11-18(15)25-9-7-16(13-25)12-23-19(22-3)24-14-20(2)8-4-10-26-20/h5-6,11,16H,4,7-10,12-14H2,1-3H3,(H2,22,23,24). The van der Waals surface area contributed by atoms with E-state index >= 15 is 0 Å². The first-order valence-corrected chi connectivity index (χ1v) is 9.96. The Kier molecular flexibility index (Phi) is 6.30. The van der Waals surface area contributed by atoms with Crippen molar-refractivity contribution in [1.29, 1.82) is 0 Å². The number of aliphatic imine (C=N–C) groups is 1. The molecule has 2 N–H and O–H groups in total. The second-order valence-corrected chi connectivity index (χ2v) is 8.18. The molecule has 2 heterocycles. The third kappa shape index (κ3) is 4.83. The number of hydrogen-bond acceptors (Lipinski definition) is 3. The molecule has 2 aliphatic heterocycles. The Morgan fingerprint density at radius 2 is 2.27 bits per heavy atom. The zero-order chi connectivity index (χ0) is 18.6. The summed E-state index contributed by atoms with van der Waals surface area (Å²) in [5.41, 5.74) is 2.48. The molecule has 0 amide bonds. The Bertz CT molecular complexity index is 643. The Labute approximate surface area is 162 Å². The van der Waals surface area contributed by atoms with Crippen LogP contribution < -0.4 is 15.5 Å². The molecule has 2 atom stereocenters. The molecule has 26 heavy (non-hydrogen) atoms. The molecule has 5 nitrogen and oxygen atoms in total. The van der Waals surface area contributed by atoms with Gasteiger partial charge in [-0.05, 0) is 56.7 Å². The highest BCUT2D eigenvalue weighted by Crippen LogP contribution is 2.29. The minimum Gasteiger partial charge on any atom is -0.373 e. The van der Waals surface area contributed by atoms with Crippen molar-refractivity contribution in [2.75, 3.05) is 44.7 Å². The number of rotatable bonds is 5. The van der Waals surface area contributed by atoms with Crippen LogP contribution in [0.15, 0.2) is 23.2 Å². The largest absolute Gasteiger partial charge is 0.373 e. The van der Waals surface area contributed by atoms with Gasteiger partial charge in [0.1, 0.15) is 0 Å². The monoisotopic (exact) mass is 378 g/mol. The number of benzene rings is 1. The summed E-state index contributed by atoms with van der Waals surface area (Å²) >= 11 is 6.18. The smallest absolute Gasteiger partial charge is 0.191 e. The number of anilines is 1. The number of hydrogen-bond donors (Lipinski definition) is 2. The predicted molar refractivity (Wildman–Crippen MR) is 109 cm³/mol. The first-order chi connectivity index (χ1) is 12.5. The molecule has 3 rings (SSSR count). The van der Waals surface area contributed by atoms with Crippen molar-refractivity contribution in [3.05, 3.63) is 28.8 Å². The maximum absolute atomic E-state index is 6.18. The van der Waals surface area contributed by atoms with Gasteiger partial charge >= 0.3 is 0 Å². The summed E-state index contributed by atoms with van der Waals surface area (Å²) in [7, 11) is 1.82.